The van der Waals surface area contributed by atoms with Gasteiger partial charge in [0.15, 0.2) is 0 Å². The second-order valence-electron chi connectivity index (χ2n) is 8.81. The summed E-state index contributed by atoms with van der Waals surface area (Å²) in [6.07, 6.45) is 5.58. The first kappa shape index (κ1) is 22.8. The van der Waals surface area contributed by atoms with Gasteiger partial charge < -0.3 is 15.2 Å². The number of nitrogen functional groups attached to an aromatic ring is 1. The van der Waals surface area contributed by atoms with Crippen LogP contribution in [0.3, 0.4) is 0 Å². The molecule has 4 heterocycles. The molecule has 1 aliphatic heterocycles. The lowest BCUT2D eigenvalue weighted by Gasteiger charge is -2.49. The van der Waals surface area contributed by atoms with Crippen molar-refractivity contribution in [1.29, 1.82) is 5.26 Å². The Hall–Kier alpha value is -3.38. The van der Waals surface area contributed by atoms with Gasteiger partial charge in [-0.15, -0.1) is 0 Å². The second-order valence-corrected chi connectivity index (χ2v) is 8.81. The van der Waals surface area contributed by atoms with Crippen LogP contribution in [0, 0.1) is 11.3 Å². The first-order valence-electron chi connectivity index (χ1n) is 11.6. The summed E-state index contributed by atoms with van der Waals surface area (Å²) in [5.41, 5.74) is 9.25. The van der Waals surface area contributed by atoms with Gasteiger partial charge in [0, 0.05) is 50.5 Å². The Labute approximate surface area is 194 Å². The number of nitrogens with two attached hydrogens (primary N) is 1. The number of aryl methyl sites for hydroxylation is 1. The highest BCUT2D eigenvalue weighted by molar-refractivity contribution is 5.88. The van der Waals surface area contributed by atoms with Crippen molar-refractivity contribution in [3.63, 3.8) is 0 Å². The summed E-state index contributed by atoms with van der Waals surface area (Å²) in [7, 11) is 1.75. The van der Waals surface area contributed by atoms with Crippen LogP contribution in [0.25, 0.3) is 11.0 Å². The molecule has 1 fully saturated rings. The van der Waals surface area contributed by atoms with Crippen LogP contribution in [-0.4, -0.2) is 49.4 Å². The molecule has 0 bridgehead atoms. The summed E-state index contributed by atoms with van der Waals surface area (Å²) in [4.78, 5) is 22.0. The van der Waals surface area contributed by atoms with Crippen molar-refractivity contribution in [2.45, 2.75) is 58.3 Å². The first-order valence-corrected chi connectivity index (χ1v) is 11.6. The third kappa shape index (κ3) is 4.18. The Kier molecular flexibility index (Phi) is 6.38. The number of rotatable bonds is 6. The Morgan fingerprint density at radius 3 is 2.64 bits per heavy atom. The molecule has 3 atom stereocenters. The smallest absolute Gasteiger partial charge is 0.252 e. The largest absolute Gasteiger partial charge is 0.384 e. The van der Waals surface area contributed by atoms with Crippen molar-refractivity contribution >= 4 is 22.5 Å². The van der Waals surface area contributed by atoms with Gasteiger partial charge in [-0.25, -0.2) is 4.98 Å². The molecular formula is C24H32N8O. The predicted molar refractivity (Wildman–Crippen MR) is 130 cm³/mol. The van der Waals surface area contributed by atoms with Crippen LogP contribution in [0.2, 0.25) is 0 Å². The van der Waals surface area contributed by atoms with Gasteiger partial charge in [0.05, 0.1) is 23.5 Å². The lowest BCUT2D eigenvalue weighted by molar-refractivity contribution is 0.101. The number of nitrogens with zero attached hydrogens (tertiary/aromatic N) is 7. The van der Waals surface area contributed by atoms with E-state index in [9.17, 15) is 4.79 Å². The van der Waals surface area contributed by atoms with E-state index in [0.29, 0.717) is 11.9 Å². The molecule has 2 N–H and O–H groups in total. The first-order chi connectivity index (χ1) is 15.9. The van der Waals surface area contributed by atoms with Gasteiger partial charge in [-0.2, -0.15) is 10.4 Å². The van der Waals surface area contributed by atoms with Crippen molar-refractivity contribution in [3.05, 3.63) is 46.5 Å². The lowest BCUT2D eigenvalue weighted by Crippen LogP contribution is -2.58. The molecule has 1 unspecified atom stereocenters. The van der Waals surface area contributed by atoms with Crippen molar-refractivity contribution in [1.82, 2.24) is 24.2 Å². The number of hydrogen-bond donors (Lipinski definition) is 1. The molecule has 3 aromatic heterocycles. The number of aromatic nitrogens is 4. The highest BCUT2D eigenvalue weighted by Crippen LogP contribution is 2.34. The van der Waals surface area contributed by atoms with Gasteiger partial charge in [0.1, 0.15) is 17.9 Å². The number of anilines is 2. The highest BCUT2D eigenvalue weighted by Gasteiger charge is 2.36. The van der Waals surface area contributed by atoms with Gasteiger partial charge >= 0.3 is 0 Å². The van der Waals surface area contributed by atoms with E-state index in [1.807, 2.05) is 12.3 Å². The van der Waals surface area contributed by atoms with Gasteiger partial charge in [-0.3, -0.25) is 14.4 Å². The van der Waals surface area contributed by atoms with E-state index in [-0.39, 0.29) is 24.2 Å². The van der Waals surface area contributed by atoms with Crippen molar-refractivity contribution in [3.8, 4) is 6.07 Å². The molecule has 0 radical (unpaired) electrons. The molecule has 9 heteroatoms. The average Bonchev–Trinajstić information content (AvgIpc) is 3.25. The molecule has 0 saturated carbocycles. The standard InChI is InChI=1S/C24H32N8O/c1-5-18-14-32(19(6-2)13-31(18)16(3)17-7-8-22(26)27-12-17)20-11-23(33)29(4)21-15-30(10-9-25)28-24(20)21/h7-8,11-12,15-16,18-19H,5-6,10,13-14H2,1-4H3,(H2,26,27)/t16?,18-,19+/m1/s1. The summed E-state index contributed by atoms with van der Waals surface area (Å²) >= 11 is 0. The van der Waals surface area contributed by atoms with Crippen molar-refractivity contribution in [2.24, 2.45) is 7.05 Å². The molecule has 33 heavy (non-hydrogen) atoms. The minimum absolute atomic E-state index is 0.0688. The zero-order valence-corrected chi connectivity index (χ0v) is 19.8. The predicted octanol–water partition coefficient (Wildman–Crippen LogP) is 2.68. The summed E-state index contributed by atoms with van der Waals surface area (Å²) < 4.78 is 3.21. The van der Waals surface area contributed by atoms with Crippen LogP contribution in [-0.2, 0) is 13.6 Å². The maximum Gasteiger partial charge on any atom is 0.252 e. The SMILES string of the molecule is CC[C@H]1CN(C(C)c2ccc(N)nc2)[C@H](CC)CN1c1cc(=O)n(C)c2cn(CC#N)nc12. The van der Waals surface area contributed by atoms with Gasteiger partial charge in [0.2, 0.25) is 0 Å². The number of hydrogen-bond acceptors (Lipinski definition) is 7. The van der Waals surface area contributed by atoms with E-state index >= 15 is 0 Å². The minimum atomic E-state index is -0.0688. The topological polar surface area (TPSA) is 109 Å². The third-order valence-corrected chi connectivity index (χ3v) is 6.95. The third-order valence-electron chi connectivity index (χ3n) is 6.95. The molecule has 4 rings (SSSR count). The van der Waals surface area contributed by atoms with E-state index in [1.165, 1.54) is 0 Å². The monoisotopic (exact) mass is 448 g/mol. The molecule has 9 nitrogen and oxygen atoms in total. The number of nitriles is 1. The normalized spacial score (nSPS) is 20.2. The number of piperazine rings is 1. The quantitative estimate of drug-likeness (QED) is 0.617. The Bertz CT molecular complexity index is 1220. The van der Waals surface area contributed by atoms with E-state index in [0.717, 1.165) is 48.2 Å². The number of pyridine rings is 2. The van der Waals surface area contributed by atoms with Crippen molar-refractivity contribution < 1.29 is 0 Å². The van der Waals surface area contributed by atoms with Crippen LogP contribution in [0.1, 0.15) is 45.2 Å². The molecule has 0 spiro atoms. The molecule has 0 amide bonds. The molecular weight excluding hydrogens is 416 g/mol. The van der Waals surface area contributed by atoms with Crippen LogP contribution < -0.4 is 16.2 Å². The average molecular weight is 449 g/mol. The summed E-state index contributed by atoms with van der Waals surface area (Å²) in [6.45, 7) is 8.43. The van der Waals surface area contributed by atoms with Crippen LogP contribution in [0.5, 0.6) is 0 Å². The molecule has 3 aromatic rings. The molecule has 0 aromatic carbocycles. The Morgan fingerprint density at radius 1 is 1.24 bits per heavy atom. The van der Waals surface area contributed by atoms with Crippen LogP contribution in [0.4, 0.5) is 11.5 Å². The van der Waals surface area contributed by atoms with E-state index < -0.39 is 0 Å². The highest BCUT2D eigenvalue weighted by atomic mass is 16.1. The van der Waals surface area contributed by atoms with Crippen LogP contribution >= 0.6 is 0 Å². The van der Waals surface area contributed by atoms with E-state index in [2.05, 4.69) is 52.8 Å². The van der Waals surface area contributed by atoms with Gasteiger partial charge in [-0.1, -0.05) is 19.9 Å². The second kappa shape index (κ2) is 9.24. The summed E-state index contributed by atoms with van der Waals surface area (Å²) in [5, 5.41) is 13.8. The number of fused-ring (bicyclic) bond motifs is 1. The zero-order valence-electron chi connectivity index (χ0n) is 19.8. The maximum atomic E-state index is 12.8. The molecule has 1 saturated heterocycles. The fraction of sp³-hybridized carbons (Fsp3) is 0.500. The van der Waals surface area contributed by atoms with E-state index in [1.54, 1.807) is 28.6 Å². The fourth-order valence-electron chi connectivity index (χ4n) is 4.92. The minimum Gasteiger partial charge on any atom is -0.384 e. The van der Waals surface area contributed by atoms with Gasteiger partial charge in [-0.05, 0) is 31.4 Å². The fourth-order valence-corrected chi connectivity index (χ4v) is 4.92. The Morgan fingerprint density at radius 2 is 2.00 bits per heavy atom. The zero-order chi connectivity index (χ0) is 23.7. The summed E-state index contributed by atoms with van der Waals surface area (Å²) in [5.74, 6) is 0.528. The maximum absolute atomic E-state index is 12.8. The summed E-state index contributed by atoms with van der Waals surface area (Å²) in [6, 6.07) is 8.48. The molecule has 0 aliphatic carbocycles. The van der Waals surface area contributed by atoms with E-state index in [4.69, 9.17) is 11.0 Å². The molecule has 1 aliphatic rings. The van der Waals surface area contributed by atoms with Crippen LogP contribution in [0.15, 0.2) is 35.4 Å². The lowest BCUT2D eigenvalue weighted by atomic mass is 9.97. The van der Waals surface area contributed by atoms with Crippen molar-refractivity contribution in [2.75, 3.05) is 23.7 Å². The Balaban J connectivity index is 1.72. The molecule has 174 valence electrons. The van der Waals surface area contributed by atoms with Gasteiger partial charge in [0.25, 0.3) is 5.56 Å².